The molecule has 5 rings (SSSR count). The Balaban J connectivity index is 1.50. The molecule has 0 saturated carbocycles. The molecule has 2 aromatic carbocycles. The van der Waals surface area contributed by atoms with E-state index in [-0.39, 0.29) is 12.1 Å². The van der Waals surface area contributed by atoms with E-state index in [0.717, 1.165) is 41.0 Å². The number of nitrogens with zero attached hydrogens (tertiary/aromatic N) is 2. The third-order valence-corrected chi connectivity index (χ3v) is 6.11. The smallest absolute Gasteiger partial charge is 0.322 e. The number of ether oxygens (including phenoxy) is 1. The molecule has 1 aromatic heterocycles. The summed E-state index contributed by atoms with van der Waals surface area (Å²) in [6.45, 7) is 2.98. The summed E-state index contributed by atoms with van der Waals surface area (Å²) in [5.74, 6) is 0.835. The number of amides is 2. The van der Waals surface area contributed by atoms with Gasteiger partial charge in [0.2, 0.25) is 0 Å². The van der Waals surface area contributed by atoms with Crippen LogP contribution in [0.2, 0.25) is 0 Å². The summed E-state index contributed by atoms with van der Waals surface area (Å²) in [4.78, 5) is 19.1. The fourth-order valence-electron chi connectivity index (χ4n) is 4.50. The average molecular weight is 428 g/mol. The molecule has 162 valence electrons. The van der Waals surface area contributed by atoms with E-state index in [0.29, 0.717) is 35.8 Å². The molecule has 0 aliphatic carbocycles. The van der Waals surface area contributed by atoms with E-state index in [1.165, 1.54) is 0 Å². The number of nitrogens with two attached hydrogens (primary N) is 1. The van der Waals surface area contributed by atoms with Crippen molar-refractivity contribution in [1.82, 2.24) is 9.88 Å². The lowest BCUT2D eigenvalue weighted by Crippen LogP contribution is -2.41. The van der Waals surface area contributed by atoms with Gasteiger partial charge in [0.15, 0.2) is 0 Å². The minimum Gasteiger partial charge on any atom is -0.493 e. The molecule has 7 nitrogen and oxygen atoms in total. The van der Waals surface area contributed by atoms with Crippen LogP contribution in [0.5, 0.6) is 5.75 Å². The summed E-state index contributed by atoms with van der Waals surface area (Å²) in [7, 11) is 0. The van der Waals surface area contributed by atoms with Crippen molar-refractivity contribution in [2.45, 2.75) is 32.4 Å². The molecule has 0 fully saturated rings. The first-order valence-corrected chi connectivity index (χ1v) is 10.7. The Hall–Kier alpha value is -3.87. The average Bonchev–Trinajstić information content (AvgIpc) is 3.00. The number of hydrogen-bond acceptors (Lipinski definition) is 5. The third-order valence-electron chi connectivity index (χ3n) is 6.11. The Kier molecular flexibility index (Phi) is 5.01. The van der Waals surface area contributed by atoms with Crippen LogP contribution in [0.1, 0.15) is 46.8 Å². The van der Waals surface area contributed by atoms with Gasteiger partial charge in [-0.05, 0) is 55.7 Å². The molecule has 2 aliphatic heterocycles. The van der Waals surface area contributed by atoms with Crippen LogP contribution >= 0.6 is 0 Å². The second kappa shape index (κ2) is 8.00. The fourth-order valence-corrected chi connectivity index (χ4v) is 4.50. The molecule has 2 aliphatic rings. The summed E-state index contributed by atoms with van der Waals surface area (Å²) < 4.78 is 5.89. The fraction of sp³-hybridized carbons (Fsp3) is 0.240. The largest absolute Gasteiger partial charge is 0.493 e. The molecule has 0 saturated heterocycles. The zero-order valence-electron chi connectivity index (χ0n) is 17.9. The van der Waals surface area contributed by atoms with Gasteiger partial charge in [-0.1, -0.05) is 18.2 Å². The summed E-state index contributed by atoms with van der Waals surface area (Å²) >= 11 is 0. The van der Waals surface area contributed by atoms with Crippen molar-refractivity contribution < 1.29 is 9.53 Å². The summed E-state index contributed by atoms with van der Waals surface area (Å²) in [6, 6.07) is 15.1. The number of fused-ring (bicyclic) bond motifs is 2. The highest BCUT2D eigenvalue weighted by atomic mass is 16.5. The maximum Gasteiger partial charge on any atom is 0.322 e. The number of carbonyl (C=O) groups is 1. The van der Waals surface area contributed by atoms with Gasteiger partial charge in [-0.25, -0.2) is 4.79 Å². The van der Waals surface area contributed by atoms with E-state index in [9.17, 15) is 4.79 Å². The molecule has 1 atom stereocenters. The van der Waals surface area contributed by atoms with Gasteiger partial charge >= 0.3 is 6.03 Å². The number of benzene rings is 2. The van der Waals surface area contributed by atoms with Crippen molar-refractivity contribution >= 4 is 23.1 Å². The summed E-state index contributed by atoms with van der Waals surface area (Å²) in [5, 5.41) is 11.7. The lowest BCUT2D eigenvalue weighted by molar-refractivity contribution is 0.176. The van der Waals surface area contributed by atoms with Crippen molar-refractivity contribution in [2.24, 2.45) is 0 Å². The van der Waals surface area contributed by atoms with Gasteiger partial charge in [-0.15, -0.1) is 0 Å². The SMILES string of the molecule is Cc1cc(C(=N)c2cc3c(cc2N)NC(=O)N(C2CCCOc4ccccc42)C3)ccn1. The van der Waals surface area contributed by atoms with Crippen LogP contribution in [-0.4, -0.2) is 28.2 Å². The number of pyridine rings is 1. The molecular weight excluding hydrogens is 402 g/mol. The highest BCUT2D eigenvalue weighted by Crippen LogP contribution is 2.39. The Morgan fingerprint density at radius 3 is 2.94 bits per heavy atom. The number of aryl methyl sites for hydroxylation is 1. The van der Waals surface area contributed by atoms with E-state index in [4.69, 9.17) is 15.9 Å². The number of hydrogen-bond donors (Lipinski definition) is 3. The Morgan fingerprint density at radius 2 is 2.09 bits per heavy atom. The number of rotatable bonds is 3. The monoisotopic (exact) mass is 427 g/mol. The summed E-state index contributed by atoms with van der Waals surface area (Å²) in [5.41, 5.74) is 12.0. The first-order chi connectivity index (χ1) is 15.5. The van der Waals surface area contributed by atoms with Crippen molar-refractivity contribution in [3.05, 3.63) is 82.7 Å². The Labute approximate surface area is 186 Å². The van der Waals surface area contributed by atoms with Crippen molar-refractivity contribution in [3.63, 3.8) is 0 Å². The van der Waals surface area contributed by atoms with Gasteiger partial charge in [0.05, 0.1) is 24.9 Å². The summed E-state index contributed by atoms with van der Waals surface area (Å²) in [6.07, 6.45) is 3.39. The van der Waals surface area contributed by atoms with Crippen LogP contribution in [0, 0.1) is 12.3 Å². The molecular formula is C25H25N5O2. The molecule has 32 heavy (non-hydrogen) atoms. The molecule has 4 N–H and O–H groups in total. The lowest BCUT2D eigenvalue weighted by Gasteiger charge is -2.36. The van der Waals surface area contributed by atoms with E-state index in [2.05, 4.69) is 10.3 Å². The van der Waals surface area contributed by atoms with Crippen LogP contribution in [-0.2, 0) is 6.54 Å². The van der Waals surface area contributed by atoms with Crippen LogP contribution in [0.15, 0.2) is 54.7 Å². The molecule has 1 unspecified atom stereocenters. The molecule has 7 heteroatoms. The van der Waals surface area contributed by atoms with E-state index < -0.39 is 0 Å². The maximum absolute atomic E-state index is 13.1. The number of carbonyl (C=O) groups excluding carboxylic acids is 1. The zero-order valence-corrected chi connectivity index (χ0v) is 17.9. The van der Waals surface area contributed by atoms with Gasteiger partial charge in [-0.3, -0.25) is 10.4 Å². The highest BCUT2D eigenvalue weighted by molar-refractivity contribution is 6.14. The van der Waals surface area contributed by atoms with Gasteiger partial charge < -0.3 is 20.7 Å². The number of para-hydroxylation sites is 1. The van der Waals surface area contributed by atoms with Gasteiger partial charge in [0.25, 0.3) is 0 Å². The van der Waals surface area contributed by atoms with Crippen LogP contribution in [0.4, 0.5) is 16.2 Å². The Bertz CT molecular complexity index is 1220. The van der Waals surface area contributed by atoms with Gasteiger partial charge in [-0.2, -0.15) is 0 Å². The minimum absolute atomic E-state index is 0.0786. The van der Waals surface area contributed by atoms with E-state index in [1.54, 1.807) is 12.3 Å². The second-order valence-corrected chi connectivity index (χ2v) is 8.26. The standard InChI is InChI=1S/C25H25N5O2/c1-15-11-16(8-9-28-15)24(27)19-12-17-14-30(25(31)29-21(17)13-20(19)26)22-6-4-10-32-23-7-3-2-5-18(22)23/h2-3,5,7-9,11-13,22,27H,4,6,10,14,26H2,1H3,(H,29,31). The molecule has 3 heterocycles. The zero-order chi connectivity index (χ0) is 22.2. The van der Waals surface area contributed by atoms with Crippen LogP contribution in [0.25, 0.3) is 0 Å². The molecule has 3 aromatic rings. The van der Waals surface area contributed by atoms with Crippen LogP contribution in [0.3, 0.4) is 0 Å². The van der Waals surface area contributed by atoms with Crippen molar-refractivity contribution in [1.29, 1.82) is 5.41 Å². The number of aromatic nitrogens is 1. The van der Waals surface area contributed by atoms with Crippen molar-refractivity contribution in [2.75, 3.05) is 17.7 Å². The van der Waals surface area contributed by atoms with E-state index >= 15 is 0 Å². The van der Waals surface area contributed by atoms with Gasteiger partial charge in [0, 0.05) is 40.0 Å². The topological polar surface area (TPSA) is 104 Å². The second-order valence-electron chi connectivity index (χ2n) is 8.26. The van der Waals surface area contributed by atoms with Crippen molar-refractivity contribution in [3.8, 4) is 5.75 Å². The number of nitrogen functional groups attached to an aromatic ring is 1. The molecule has 0 spiro atoms. The Morgan fingerprint density at radius 1 is 1.25 bits per heavy atom. The first kappa shape index (κ1) is 20.1. The lowest BCUT2D eigenvalue weighted by atomic mass is 9.95. The maximum atomic E-state index is 13.1. The minimum atomic E-state index is -0.147. The molecule has 2 amide bonds. The van der Waals surface area contributed by atoms with E-state index in [1.807, 2.05) is 54.3 Å². The molecule has 0 radical (unpaired) electrons. The van der Waals surface area contributed by atoms with Gasteiger partial charge in [0.1, 0.15) is 5.75 Å². The normalized spacial score (nSPS) is 17.5. The van der Waals surface area contributed by atoms with Crippen LogP contribution < -0.4 is 15.8 Å². The number of nitrogens with one attached hydrogen (secondary N) is 2. The number of urea groups is 1. The predicted molar refractivity (Wildman–Crippen MR) is 124 cm³/mol. The third kappa shape index (κ3) is 3.56. The molecule has 0 bridgehead atoms. The number of anilines is 2. The highest BCUT2D eigenvalue weighted by Gasteiger charge is 2.33. The first-order valence-electron chi connectivity index (χ1n) is 10.7. The quantitative estimate of drug-likeness (QED) is 0.418. The predicted octanol–water partition coefficient (Wildman–Crippen LogP) is 4.65.